The number of aryl methyl sites for hydroxylation is 1. The predicted octanol–water partition coefficient (Wildman–Crippen LogP) is 6.17. The second-order valence-corrected chi connectivity index (χ2v) is 8.05. The fraction of sp³-hybridized carbons (Fsp3) is 0.714. The van der Waals surface area contributed by atoms with Gasteiger partial charge in [-0.25, -0.2) is 0 Å². The molecule has 4 rings (SSSR count). The van der Waals surface area contributed by atoms with Gasteiger partial charge >= 0.3 is 0 Å². The highest BCUT2D eigenvalue weighted by Gasteiger charge is 2.38. The van der Waals surface area contributed by atoms with Gasteiger partial charge in [0.25, 0.3) is 0 Å². The van der Waals surface area contributed by atoms with Crippen molar-refractivity contribution < 1.29 is 0 Å². The molecule has 0 aliphatic heterocycles. The summed E-state index contributed by atoms with van der Waals surface area (Å²) in [7, 11) is 0. The Labute approximate surface area is 130 Å². The molecule has 1 unspecified atom stereocenters. The average molecular weight is 282 g/mol. The summed E-state index contributed by atoms with van der Waals surface area (Å²) in [5.41, 5.74) is 5.94. The quantitative estimate of drug-likeness (QED) is 0.577. The van der Waals surface area contributed by atoms with Gasteiger partial charge in [0, 0.05) is 0 Å². The van der Waals surface area contributed by atoms with Gasteiger partial charge in [-0.05, 0) is 85.8 Å². The topological polar surface area (TPSA) is 0 Å². The third kappa shape index (κ3) is 2.67. The lowest BCUT2D eigenvalue weighted by Gasteiger charge is -2.44. The Hall–Kier alpha value is -0.780. The van der Waals surface area contributed by atoms with Gasteiger partial charge in [-0.3, -0.25) is 0 Å². The molecule has 0 amide bonds. The lowest BCUT2D eigenvalue weighted by atomic mass is 9.61. The maximum atomic E-state index is 2.48. The van der Waals surface area contributed by atoms with Crippen molar-refractivity contribution in [2.24, 2.45) is 5.41 Å². The van der Waals surface area contributed by atoms with E-state index in [1.807, 2.05) is 0 Å². The first-order chi connectivity index (χ1) is 10.4. The van der Waals surface area contributed by atoms with Gasteiger partial charge in [0.1, 0.15) is 0 Å². The number of benzene rings is 1. The molecule has 0 bridgehead atoms. The molecule has 21 heavy (non-hydrogen) atoms. The summed E-state index contributed by atoms with van der Waals surface area (Å²) < 4.78 is 0. The van der Waals surface area contributed by atoms with E-state index in [4.69, 9.17) is 0 Å². The maximum Gasteiger partial charge on any atom is -0.0154 e. The van der Waals surface area contributed by atoms with E-state index < -0.39 is 0 Å². The van der Waals surface area contributed by atoms with Crippen LogP contribution >= 0.6 is 0 Å². The van der Waals surface area contributed by atoms with Crippen LogP contribution in [0.1, 0.15) is 93.2 Å². The highest BCUT2D eigenvalue weighted by atomic mass is 14.4. The van der Waals surface area contributed by atoms with Crippen LogP contribution in [0.5, 0.6) is 0 Å². The highest BCUT2D eigenvalue weighted by Crippen LogP contribution is 2.52. The molecule has 0 N–H and O–H groups in total. The number of hydrogen-bond donors (Lipinski definition) is 0. The first kappa shape index (κ1) is 13.9. The summed E-state index contributed by atoms with van der Waals surface area (Å²) in [6, 6.07) is 7.23. The van der Waals surface area contributed by atoms with E-state index in [9.17, 15) is 0 Å². The average Bonchev–Trinajstić information content (AvgIpc) is 2.55. The number of hydrogen-bond acceptors (Lipinski definition) is 0. The molecule has 0 nitrogen and oxygen atoms in total. The molecular weight excluding hydrogens is 252 g/mol. The Morgan fingerprint density at radius 3 is 2.52 bits per heavy atom. The molecule has 2 fully saturated rings. The van der Waals surface area contributed by atoms with E-state index in [2.05, 4.69) is 18.2 Å². The zero-order chi connectivity index (χ0) is 14.1. The molecular formula is C21H30. The van der Waals surface area contributed by atoms with Crippen LogP contribution in [0.2, 0.25) is 0 Å². The molecule has 0 saturated heterocycles. The normalized spacial score (nSPS) is 28.3. The van der Waals surface area contributed by atoms with Gasteiger partial charge in [0.15, 0.2) is 0 Å². The molecule has 1 aromatic carbocycles. The van der Waals surface area contributed by atoms with E-state index >= 15 is 0 Å². The Morgan fingerprint density at radius 2 is 1.62 bits per heavy atom. The fourth-order valence-corrected chi connectivity index (χ4v) is 5.66. The van der Waals surface area contributed by atoms with Gasteiger partial charge in [0.2, 0.25) is 0 Å². The Balaban J connectivity index is 1.61. The van der Waals surface area contributed by atoms with E-state index in [1.54, 1.807) is 16.7 Å². The minimum atomic E-state index is 0.735. The van der Waals surface area contributed by atoms with Crippen LogP contribution in [0.15, 0.2) is 18.2 Å². The van der Waals surface area contributed by atoms with Crippen molar-refractivity contribution in [3.8, 4) is 0 Å². The second kappa shape index (κ2) is 5.78. The van der Waals surface area contributed by atoms with Crippen molar-refractivity contribution in [1.82, 2.24) is 0 Å². The Kier molecular flexibility index (Phi) is 3.81. The van der Waals surface area contributed by atoms with Gasteiger partial charge in [0.05, 0.1) is 0 Å². The van der Waals surface area contributed by atoms with Crippen molar-refractivity contribution >= 4 is 0 Å². The maximum absolute atomic E-state index is 2.48. The predicted molar refractivity (Wildman–Crippen MR) is 89.8 cm³/mol. The van der Waals surface area contributed by atoms with Crippen LogP contribution in [0.3, 0.4) is 0 Å². The largest absolute Gasteiger partial charge is 0.0617 e. The number of rotatable bonds is 1. The lowest BCUT2D eigenvalue weighted by Crippen LogP contribution is -2.30. The zero-order valence-electron chi connectivity index (χ0n) is 13.5. The van der Waals surface area contributed by atoms with Crippen molar-refractivity contribution in [1.29, 1.82) is 0 Å². The Bertz CT molecular complexity index is 487. The van der Waals surface area contributed by atoms with Crippen LogP contribution in [0.25, 0.3) is 0 Å². The van der Waals surface area contributed by atoms with Crippen molar-refractivity contribution in [3.05, 3.63) is 34.9 Å². The zero-order valence-corrected chi connectivity index (χ0v) is 13.5. The van der Waals surface area contributed by atoms with Gasteiger partial charge in [-0.15, -0.1) is 0 Å². The van der Waals surface area contributed by atoms with E-state index in [-0.39, 0.29) is 0 Å². The van der Waals surface area contributed by atoms with E-state index in [0.717, 1.165) is 11.3 Å². The summed E-state index contributed by atoms with van der Waals surface area (Å²) in [5.74, 6) is 0.880. The van der Waals surface area contributed by atoms with Crippen LogP contribution in [0, 0.1) is 5.41 Å². The van der Waals surface area contributed by atoms with E-state index in [0.29, 0.717) is 0 Å². The molecule has 114 valence electrons. The van der Waals surface area contributed by atoms with Gasteiger partial charge in [-0.2, -0.15) is 0 Å². The summed E-state index contributed by atoms with van der Waals surface area (Å²) in [6.07, 6.45) is 19.0. The fourth-order valence-electron chi connectivity index (χ4n) is 5.66. The summed E-state index contributed by atoms with van der Waals surface area (Å²) in [4.78, 5) is 0. The van der Waals surface area contributed by atoms with Crippen molar-refractivity contribution in [2.75, 3.05) is 0 Å². The SMILES string of the molecule is c1cc2c(c(C3CCCC4(CCCCC4)C3)c1)CCCC2. The highest BCUT2D eigenvalue weighted by molar-refractivity contribution is 5.39. The third-order valence-electron chi connectivity index (χ3n) is 6.73. The molecule has 3 aliphatic carbocycles. The standard InChI is InChI=1S/C21H30/c1-4-13-21(14-5-1)15-7-10-18(16-21)20-12-6-9-17-8-2-3-11-19(17)20/h6,9,12,18H,1-5,7-8,10-11,13-16H2. The molecule has 0 heterocycles. The van der Waals surface area contributed by atoms with Crippen LogP contribution < -0.4 is 0 Å². The molecule has 1 aromatic rings. The second-order valence-electron chi connectivity index (χ2n) is 8.05. The molecule has 0 heteroatoms. The summed E-state index contributed by atoms with van der Waals surface area (Å²) >= 11 is 0. The monoisotopic (exact) mass is 282 g/mol. The van der Waals surface area contributed by atoms with E-state index in [1.165, 1.54) is 83.5 Å². The van der Waals surface area contributed by atoms with Crippen molar-refractivity contribution in [3.63, 3.8) is 0 Å². The van der Waals surface area contributed by atoms with Gasteiger partial charge in [-0.1, -0.05) is 43.9 Å². The molecule has 2 saturated carbocycles. The first-order valence-electron chi connectivity index (χ1n) is 9.47. The molecule has 1 spiro atoms. The van der Waals surface area contributed by atoms with Crippen LogP contribution in [0.4, 0.5) is 0 Å². The minimum Gasteiger partial charge on any atom is -0.0617 e. The minimum absolute atomic E-state index is 0.735. The van der Waals surface area contributed by atoms with Crippen molar-refractivity contribution in [2.45, 2.75) is 89.4 Å². The van der Waals surface area contributed by atoms with Crippen LogP contribution in [-0.2, 0) is 12.8 Å². The molecule has 1 atom stereocenters. The molecule has 0 radical (unpaired) electrons. The smallest absolute Gasteiger partial charge is 0.0154 e. The molecule has 3 aliphatic rings. The van der Waals surface area contributed by atoms with Crippen LogP contribution in [-0.4, -0.2) is 0 Å². The molecule has 0 aromatic heterocycles. The first-order valence-corrected chi connectivity index (χ1v) is 9.47. The summed E-state index contributed by atoms with van der Waals surface area (Å²) in [5, 5.41) is 0. The Morgan fingerprint density at radius 1 is 0.810 bits per heavy atom. The third-order valence-corrected chi connectivity index (χ3v) is 6.73. The lowest BCUT2D eigenvalue weighted by molar-refractivity contribution is 0.110. The van der Waals surface area contributed by atoms with Gasteiger partial charge < -0.3 is 0 Å². The summed E-state index contributed by atoms with van der Waals surface area (Å²) in [6.45, 7) is 0. The number of fused-ring (bicyclic) bond motifs is 1.